The SMILES string of the molecule is CCN(C(=O)COC1(C)CNC1)c1cccc(F)c1. The summed E-state index contributed by atoms with van der Waals surface area (Å²) in [5.74, 6) is -0.499. The molecule has 1 aliphatic heterocycles. The zero-order valence-electron chi connectivity index (χ0n) is 11.3. The van der Waals surface area contributed by atoms with E-state index in [1.807, 2.05) is 13.8 Å². The van der Waals surface area contributed by atoms with Crippen LogP contribution >= 0.6 is 0 Å². The van der Waals surface area contributed by atoms with E-state index in [1.54, 1.807) is 12.1 Å². The Kier molecular flexibility index (Phi) is 4.17. The van der Waals surface area contributed by atoms with Crippen molar-refractivity contribution in [2.45, 2.75) is 19.4 Å². The van der Waals surface area contributed by atoms with Crippen LogP contribution in [0.15, 0.2) is 24.3 Å². The lowest BCUT2D eigenvalue weighted by Gasteiger charge is -2.39. The number of anilines is 1. The molecule has 1 saturated heterocycles. The molecule has 1 aromatic carbocycles. The van der Waals surface area contributed by atoms with Gasteiger partial charge in [-0.2, -0.15) is 0 Å². The Bertz CT molecular complexity index is 461. The molecule has 1 fully saturated rings. The Labute approximate surface area is 112 Å². The molecule has 0 saturated carbocycles. The normalized spacial score (nSPS) is 16.8. The molecule has 0 atom stereocenters. The molecule has 0 bridgehead atoms. The lowest BCUT2D eigenvalue weighted by Crippen LogP contribution is -2.59. The molecule has 1 amide bonds. The van der Waals surface area contributed by atoms with E-state index < -0.39 is 0 Å². The molecule has 1 heterocycles. The van der Waals surface area contributed by atoms with Crippen LogP contribution in [0.5, 0.6) is 0 Å². The van der Waals surface area contributed by atoms with Gasteiger partial charge >= 0.3 is 0 Å². The number of halogens is 1. The fourth-order valence-corrected chi connectivity index (χ4v) is 2.04. The third-order valence-electron chi connectivity index (χ3n) is 3.28. The Morgan fingerprint density at radius 1 is 1.53 bits per heavy atom. The first-order valence-corrected chi connectivity index (χ1v) is 6.45. The van der Waals surface area contributed by atoms with Crippen LogP contribution in [0.3, 0.4) is 0 Å². The number of rotatable bonds is 5. The quantitative estimate of drug-likeness (QED) is 0.879. The number of likely N-dealkylation sites (N-methyl/N-ethyl adjacent to an activating group) is 1. The Balaban J connectivity index is 1.98. The highest BCUT2D eigenvalue weighted by atomic mass is 19.1. The van der Waals surface area contributed by atoms with Crippen LogP contribution in [0.25, 0.3) is 0 Å². The summed E-state index contributed by atoms with van der Waals surface area (Å²) in [5, 5.41) is 3.11. The van der Waals surface area contributed by atoms with Gasteiger partial charge in [-0.15, -0.1) is 0 Å². The van der Waals surface area contributed by atoms with Gasteiger partial charge in [-0.05, 0) is 32.0 Å². The Morgan fingerprint density at radius 3 is 2.79 bits per heavy atom. The van der Waals surface area contributed by atoms with Crippen molar-refractivity contribution in [1.29, 1.82) is 0 Å². The van der Waals surface area contributed by atoms with Gasteiger partial charge in [0.25, 0.3) is 5.91 Å². The van der Waals surface area contributed by atoms with E-state index in [1.165, 1.54) is 17.0 Å². The molecule has 0 aliphatic carbocycles. The van der Waals surface area contributed by atoms with E-state index in [9.17, 15) is 9.18 Å². The van der Waals surface area contributed by atoms with E-state index in [2.05, 4.69) is 5.32 Å². The van der Waals surface area contributed by atoms with E-state index >= 15 is 0 Å². The van der Waals surface area contributed by atoms with Crippen molar-refractivity contribution in [2.75, 3.05) is 31.1 Å². The van der Waals surface area contributed by atoms with E-state index in [0.717, 1.165) is 13.1 Å². The number of hydrogen-bond acceptors (Lipinski definition) is 3. The summed E-state index contributed by atoms with van der Waals surface area (Å²) in [5.41, 5.74) is 0.310. The maximum Gasteiger partial charge on any atom is 0.252 e. The van der Waals surface area contributed by atoms with Gasteiger partial charge in [-0.25, -0.2) is 4.39 Å². The van der Waals surface area contributed by atoms with Crippen molar-refractivity contribution < 1.29 is 13.9 Å². The Hall–Kier alpha value is -1.46. The van der Waals surface area contributed by atoms with Crippen molar-refractivity contribution in [3.8, 4) is 0 Å². The summed E-state index contributed by atoms with van der Waals surface area (Å²) in [4.78, 5) is 13.7. The molecular formula is C14H19FN2O2. The molecule has 0 aromatic heterocycles. The number of carbonyl (C=O) groups excluding carboxylic acids is 1. The minimum atomic E-state index is -0.347. The highest BCUT2D eigenvalue weighted by Gasteiger charge is 2.33. The second-order valence-electron chi connectivity index (χ2n) is 4.96. The van der Waals surface area contributed by atoms with Crippen LogP contribution in [-0.4, -0.2) is 37.7 Å². The maximum absolute atomic E-state index is 13.2. The second-order valence-corrected chi connectivity index (χ2v) is 4.96. The molecule has 19 heavy (non-hydrogen) atoms. The fourth-order valence-electron chi connectivity index (χ4n) is 2.04. The monoisotopic (exact) mass is 266 g/mol. The molecular weight excluding hydrogens is 247 g/mol. The number of hydrogen-bond donors (Lipinski definition) is 1. The number of carbonyl (C=O) groups is 1. The lowest BCUT2D eigenvalue weighted by atomic mass is 10.0. The predicted molar refractivity (Wildman–Crippen MR) is 71.7 cm³/mol. The molecule has 4 nitrogen and oxygen atoms in total. The summed E-state index contributed by atoms with van der Waals surface area (Å²) in [6, 6.07) is 6.03. The van der Waals surface area contributed by atoms with E-state index in [-0.39, 0.29) is 23.9 Å². The van der Waals surface area contributed by atoms with Crippen LogP contribution < -0.4 is 10.2 Å². The van der Waals surface area contributed by atoms with Gasteiger partial charge in [0.05, 0.1) is 5.60 Å². The molecule has 5 heteroatoms. The fraction of sp³-hybridized carbons (Fsp3) is 0.500. The smallest absolute Gasteiger partial charge is 0.252 e. The van der Waals surface area contributed by atoms with E-state index in [4.69, 9.17) is 4.74 Å². The number of ether oxygens (including phenoxy) is 1. The number of nitrogens with zero attached hydrogens (tertiary/aromatic N) is 1. The van der Waals surface area contributed by atoms with Gasteiger partial charge in [0, 0.05) is 25.3 Å². The highest BCUT2D eigenvalue weighted by Crippen LogP contribution is 2.18. The van der Waals surface area contributed by atoms with Crippen molar-refractivity contribution in [1.82, 2.24) is 5.32 Å². The minimum absolute atomic E-state index is 0.0164. The zero-order chi connectivity index (χ0) is 13.9. The molecule has 1 aromatic rings. The van der Waals surface area contributed by atoms with E-state index in [0.29, 0.717) is 12.2 Å². The molecule has 1 aliphatic rings. The molecule has 104 valence electrons. The number of nitrogens with one attached hydrogen (secondary N) is 1. The minimum Gasteiger partial charge on any atom is -0.363 e. The molecule has 0 spiro atoms. The van der Waals surface area contributed by atoms with Crippen molar-refractivity contribution in [3.05, 3.63) is 30.1 Å². The van der Waals surface area contributed by atoms with Crippen LogP contribution in [0.2, 0.25) is 0 Å². The van der Waals surface area contributed by atoms with Gasteiger partial charge in [0.2, 0.25) is 0 Å². The maximum atomic E-state index is 13.2. The van der Waals surface area contributed by atoms with Gasteiger partial charge < -0.3 is 15.0 Å². The number of benzene rings is 1. The third-order valence-corrected chi connectivity index (χ3v) is 3.28. The first-order chi connectivity index (χ1) is 9.04. The van der Waals surface area contributed by atoms with Crippen LogP contribution in [0, 0.1) is 5.82 Å². The average Bonchev–Trinajstić information content (AvgIpc) is 2.35. The average molecular weight is 266 g/mol. The molecule has 0 unspecified atom stereocenters. The summed E-state index contributed by atoms with van der Waals surface area (Å²) in [7, 11) is 0. The van der Waals surface area contributed by atoms with Crippen molar-refractivity contribution in [3.63, 3.8) is 0 Å². The zero-order valence-corrected chi connectivity index (χ0v) is 11.3. The number of amides is 1. The predicted octanol–water partition coefficient (Wildman–Crippen LogP) is 1.56. The summed E-state index contributed by atoms with van der Waals surface area (Å²) < 4.78 is 18.8. The second kappa shape index (κ2) is 5.67. The summed E-state index contributed by atoms with van der Waals surface area (Å²) in [6.07, 6.45) is 0. The van der Waals surface area contributed by atoms with Crippen LogP contribution in [0.4, 0.5) is 10.1 Å². The lowest BCUT2D eigenvalue weighted by molar-refractivity contribution is -0.133. The van der Waals surface area contributed by atoms with Gasteiger partial charge in [0.15, 0.2) is 0 Å². The van der Waals surface area contributed by atoms with Gasteiger partial charge in [0.1, 0.15) is 12.4 Å². The van der Waals surface area contributed by atoms with Crippen molar-refractivity contribution in [2.24, 2.45) is 0 Å². The van der Waals surface area contributed by atoms with Crippen molar-refractivity contribution >= 4 is 11.6 Å². The standard InChI is InChI=1S/C14H19FN2O2/c1-3-17(12-6-4-5-11(15)7-12)13(18)8-19-14(2)9-16-10-14/h4-7,16H,3,8-10H2,1-2H3. The van der Waals surface area contributed by atoms with Gasteiger partial charge in [-0.1, -0.05) is 6.07 Å². The topological polar surface area (TPSA) is 41.6 Å². The first kappa shape index (κ1) is 14.0. The molecule has 1 N–H and O–H groups in total. The highest BCUT2D eigenvalue weighted by molar-refractivity contribution is 5.94. The molecule has 0 radical (unpaired) electrons. The van der Waals surface area contributed by atoms with Crippen LogP contribution in [0.1, 0.15) is 13.8 Å². The first-order valence-electron chi connectivity index (χ1n) is 6.45. The largest absolute Gasteiger partial charge is 0.363 e. The van der Waals surface area contributed by atoms with Crippen LogP contribution in [-0.2, 0) is 9.53 Å². The van der Waals surface area contributed by atoms with Gasteiger partial charge in [-0.3, -0.25) is 4.79 Å². The third kappa shape index (κ3) is 3.30. The summed E-state index contributed by atoms with van der Waals surface area (Å²) in [6.45, 7) is 5.84. The Morgan fingerprint density at radius 2 is 2.26 bits per heavy atom. The summed E-state index contributed by atoms with van der Waals surface area (Å²) >= 11 is 0. The molecule has 2 rings (SSSR count).